The molecule has 0 spiro atoms. The van der Waals surface area contributed by atoms with Crippen LogP contribution in [0, 0.1) is 5.82 Å². The summed E-state index contributed by atoms with van der Waals surface area (Å²) >= 11 is 1.37. The Kier molecular flexibility index (Phi) is 5.37. The van der Waals surface area contributed by atoms with Crippen LogP contribution in [0.25, 0.3) is 5.57 Å². The van der Waals surface area contributed by atoms with E-state index in [9.17, 15) is 14.0 Å². The minimum Gasteiger partial charge on any atom is -0.491 e. The zero-order chi connectivity index (χ0) is 21.3. The van der Waals surface area contributed by atoms with E-state index in [1.54, 1.807) is 30.3 Å². The van der Waals surface area contributed by atoms with Crippen molar-refractivity contribution in [2.75, 3.05) is 10.2 Å². The van der Waals surface area contributed by atoms with Crippen LogP contribution in [0.5, 0.6) is 5.75 Å². The summed E-state index contributed by atoms with van der Waals surface area (Å²) in [6.45, 7) is 3.88. The Bertz CT molecular complexity index is 1100. The number of carbonyl (C=O) groups is 2. The average Bonchev–Trinajstić information content (AvgIpc) is 3.31. The van der Waals surface area contributed by atoms with Crippen molar-refractivity contribution in [2.24, 2.45) is 0 Å². The molecule has 0 saturated heterocycles. The molecule has 0 fully saturated rings. The van der Waals surface area contributed by atoms with E-state index in [4.69, 9.17) is 4.74 Å². The Morgan fingerprint density at radius 2 is 1.67 bits per heavy atom. The molecular weight excluding hydrogens is 403 g/mol. The van der Waals surface area contributed by atoms with Crippen LogP contribution in [0.4, 0.5) is 15.8 Å². The molecule has 2 aromatic carbocycles. The van der Waals surface area contributed by atoms with Crippen molar-refractivity contribution in [2.45, 2.75) is 20.0 Å². The predicted molar refractivity (Wildman–Crippen MR) is 116 cm³/mol. The van der Waals surface area contributed by atoms with Crippen LogP contribution in [0.15, 0.2) is 71.7 Å². The van der Waals surface area contributed by atoms with E-state index in [0.29, 0.717) is 27.6 Å². The van der Waals surface area contributed by atoms with Crippen molar-refractivity contribution >= 4 is 40.1 Å². The quantitative estimate of drug-likeness (QED) is 0.564. The van der Waals surface area contributed by atoms with E-state index < -0.39 is 17.6 Å². The number of thiophene rings is 1. The molecule has 0 atom stereocenters. The first-order valence-electron chi connectivity index (χ1n) is 9.40. The summed E-state index contributed by atoms with van der Waals surface area (Å²) in [5.41, 5.74) is 1.45. The summed E-state index contributed by atoms with van der Waals surface area (Å²) in [4.78, 5) is 28.1. The maximum atomic E-state index is 13.3. The number of rotatable bonds is 6. The summed E-state index contributed by atoms with van der Waals surface area (Å²) in [6, 6.07) is 16.1. The van der Waals surface area contributed by atoms with Crippen LogP contribution in [-0.2, 0) is 9.59 Å². The Labute approximate surface area is 177 Å². The van der Waals surface area contributed by atoms with Crippen LogP contribution in [0.2, 0.25) is 0 Å². The number of imide groups is 1. The van der Waals surface area contributed by atoms with Crippen LogP contribution < -0.4 is 15.0 Å². The number of hydrogen-bond acceptors (Lipinski definition) is 5. The number of nitrogens with zero attached hydrogens (tertiary/aromatic N) is 1. The van der Waals surface area contributed by atoms with Gasteiger partial charge in [-0.25, -0.2) is 9.29 Å². The number of carbonyl (C=O) groups excluding carboxylic acids is 2. The number of hydrogen-bond donors (Lipinski definition) is 1. The van der Waals surface area contributed by atoms with E-state index in [2.05, 4.69) is 5.32 Å². The Morgan fingerprint density at radius 1 is 0.967 bits per heavy atom. The SMILES string of the molecule is CC(C)Oc1ccc(NC2=C(c3cccs3)C(=O)N(c3ccc(F)cc3)C2=O)cc1. The van der Waals surface area contributed by atoms with Gasteiger partial charge in [-0.1, -0.05) is 6.07 Å². The maximum absolute atomic E-state index is 13.3. The van der Waals surface area contributed by atoms with Gasteiger partial charge in [-0.2, -0.15) is 0 Å². The molecule has 0 saturated carbocycles. The monoisotopic (exact) mass is 422 g/mol. The van der Waals surface area contributed by atoms with Gasteiger partial charge in [0.1, 0.15) is 17.3 Å². The fourth-order valence-electron chi connectivity index (χ4n) is 3.15. The van der Waals surface area contributed by atoms with Gasteiger partial charge in [0.2, 0.25) is 0 Å². The lowest BCUT2D eigenvalue weighted by molar-refractivity contribution is -0.120. The highest BCUT2D eigenvalue weighted by molar-refractivity contribution is 7.11. The Hall–Kier alpha value is -3.45. The van der Waals surface area contributed by atoms with E-state index >= 15 is 0 Å². The van der Waals surface area contributed by atoms with Gasteiger partial charge in [-0.15, -0.1) is 11.3 Å². The van der Waals surface area contributed by atoms with Gasteiger partial charge >= 0.3 is 0 Å². The molecule has 0 radical (unpaired) electrons. The highest BCUT2D eigenvalue weighted by Gasteiger charge is 2.40. The largest absolute Gasteiger partial charge is 0.491 e. The van der Waals surface area contributed by atoms with Gasteiger partial charge in [0, 0.05) is 10.6 Å². The first kappa shape index (κ1) is 19.8. The van der Waals surface area contributed by atoms with Crippen molar-refractivity contribution < 1.29 is 18.7 Å². The standard InChI is InChI=1S/C23H19FN2O3S/c1-14(2)29-18-11-7-16(8-12-18)25-21-20(19-4-3-13-30-19)22(27)26(23(21)28)17-9-5-15(24)6-10-17/h3-14,25H,1-2H3. The number of anilines is 2. The lowest BCUT2D eigenvalue weighted by atomic mass is 10.2. The third-order valence-corrected chi connectivity index (χ3v) is 5.32. The zero-order valence-corrected chi connectivity index (χ0v) is 17.2. The summed E-state index contributed by atoms with van der Waals surface area (Å²) in [7, 11) is 0. The predicted octanol–water partition coefficient (Wildman–Crippen LogP) is 5.07. The molecule has 30 heavy (non-hydrogen) atoms. The topological polar surface area (TPSA) is 58.6 Å². The molecule has 2 heterocycles. The molecule has 0 unspecified atom stereocenters. The van der Waals surface area contributed by atoms with E-state index in [1.807, 2.05) is 25.3 Å². The smallest absolute Gasteiger partial charge is 0.282 e. The van der Waals surface area contributed by atoms with Crippen LogP contribution in [0.1, 0.15) is 18.7 Å². The molecule has 0 bridgehead atoms. The molecule has 4 rings (SSSR count). The number of ether oxygens (including phenoxy) is 1. The van der Waals surface area contributed by atoms with Gasteiger partial charge in [0.25, 0.3) is 11.8 Å². The van der Waals surface area contributed by atoms with Crippen molar-refractivity contribution in [3.8, 4) is 5.75 Å². The minimum absolute atomic E-state index is 0.0512. The van der Waals surface area contributed by atoms with Crippen molar-refractivity contribution in [3.63, 3.8) is 0 Å². The summed E-state index contributed by atoms with van der Waals surface area (Å²) < 4.78 is 19.0. The molecule has 3 aromatic rings. The summed E-state index contributed by atoms with van der Waals surface area (Å²) in [5, 5.41) is 4.94. The number of halogens is 1. The highest BCUT2D eigenvalue weighted by Crippen LogP contribution is 2.35. The van der Waals surface area contributed by atoms with E-state index in [-0.39, 0.29) is 11.8 Å². The van der Waals surface area contributed by atoms with Crippen LogP contribution in [0.3, 0.4) is 0 Å². The second-order valence-corrected chi connectivity index (χ2v) is 7.91. The molecule has 0 aliphatic carbocycles. The second-order valence-electron chi connectivity index (χ2n) is 6.97. The highest BCUT2D eigenvalue weighted by atomic mass is 32.1. The van der Waals surface area contributed by atoms with Crippen molar-refractivity contribution in [1.82, 2.24) is 0 Å². The van der Waals surface area contributed by atoms with Gasteiger partial charge in [0.05, 0.1) is 17.4 Å². The average molecular weight is 422 g/mol. The van der Waals surface area contributed by atoms with E-state index in [1.165, 1.54) is 35.6 Å². The maximum Gasteiger partial charge on any atom is 0.282 e. The third kappa shape index (κ3) is 3.84. The number of nitrogens with one attached hydrogen (secondary N) is 1. The molecule has 1 aliphatic rings. The summed E-state index contributed by atoms with van der Waals surface area (Å²) in [6.07, 6.45) is 0.0512. The fourth-order valence-corrected chi connectivity index (χ4v) is 3.92. The molecule has 2 amide bonds. The van der Waals surface area contributed by atoms with E-state index in [0.717, 1.165) is 4.90 Å². The third-order valence-electron chi connectivity index (χ3n) is 4.43. The van der Waals surface area contributed by atoms with Gasteiger partial charge in [0.15, 0.2) is 0 Å². The molecule has 5 nitrogen and oxygen atoms in total. The zero-order valence-electron chi connectivity index (χ0n) is 16.4. The Morgan fingerprint density at radius 3 is 2.27 bits per heavy atom. The normalized spacial score (nSPS) is 14.1. The lowest BCUT2D eigenvalue weighted by Gasteiger charge is -2.15. The van der Waals surface area contributed by atoms with Crippen molar-refractivity contribution in [1.29, 1.82) is 0 Å². The Balaban J connectivity index is 1.69. The molecule has 1 aliphatic heterocycles. The second kappa shape index (κ2) is 8.12. The van der Waals surface area contributed by atoms with Crippen LogP contribution >= 0.6 is 11.3 Å². The van der Waals surface area contributed by atoms with Crippen molar-refractivity contribution in [3.05, 3.63) is 82.4 Å². The minimum atomic E-state index is -0.488. The van der Waals surface area contributed by atoms with Gasteiger partial charge in [-0.3, -0.25) is 9.59 Å². The number of benzene rings is 2. The molecule has 1 N–H and O–H groups in total. The molecule has 1 aromatic heterocycles. The van der Waals surface area contributed by atoms with Gasteiger partial charge in [-0.05, 0) is 73.8 Å². The summed E-state index contributed by atoms with van der Waals surface area (Å²) in [5.74, 6) is -0.662. The van der Waals surface area contributed by atoms with Crippen LogP contribution in [-0.4, -0.2) is 17.9 Å². The molecular formula is C23H19FN2O3S. The first-order valence-corrected chi connectivity index (χ1v) is 10.3. The lowest BCUT2D eigenvalue weighted by Crippen LogP contribution is -2.32. The molecule has 152 valence electrons. The molecule has 7 heteroatoms. The first-order chi connectivity index (χ1) is 14.4. The fraction of sp³-hybridized carbons (Fsp3) is 0.130. The number of amides is 2. The van der Waals surface area contributed by atoms with Gasteiger partial charge < -0.3 is 10.1 Å².